The Balaban J connectivity index is 2.14. The lowest BCUT2D eigenvalue weighted by Gasteiger charge is -2.02. The predicted molar refractivity (Wildman–Crippen MR) is 61.8 cm³/mol. The molecule has 1 aromatic carbocycles. The highest BCUT2D eigenvalue weighted by atomic mass is 35.5. The fraction of sp³-hybridized carbons (Fsp3) is 0. The molecule has 0 bridgehead atoms. The topological polar surface area (TPSA) is 89.9 Å². The molecule has 2 rings (SSSR count). The lowest BCUT2D eigenvalue weighted by atomic mass is 10.2. The zero-order valence-corrected chi connectivity index (χ0v) is 9.30. The summed E-state index contributed by atoms with van der Waals surface area (Å²) in [6, 6.07) is 7.17. The van der Waals surface area contributed by atoms with Crippen molar-refractivity contribution in [1.82, 2.24) is 20.6 Å². The van der Waals surface area contributed by atoms with Gasteiger partial charge >= 0.3 is 0 Å². The Labute approximate surface area is 102 Å². The van der Waals surface area contributed by atoms with E-state index < -0.39 is 5.90 Å². The van der Waals surface area contributed by atoms with Gasteiger partial charge in [0.1, 0.15) is 0 Å². The Morgan fingerprint density at radius 2 is 2.24 bits per heavy atom. The van der Waals surface area contributed by atoms with E-state index in [1.165, 1.54) is 6.08 Å². The Hall–Kier alpha value is -2.21. The van der Waals surface area contributed by atoms with Gasteiger partial charge in [0.25, 0.3) is 5.95 Å². The van der Waals surface area contributed by atoms with Crippen molar-refractivity contribution in [2.75, 3.05) is 0 Å². The van der Waals surface area contributed by atoms with Crippen LogP contribution in [0.1, 0.15) is 5.56 Å². The van der Waals surface area contributed by atoms with Gasteiger partial charge in [-0.25, -0.2) is 4.99 Å². The number of halogens is 1. The number of aromatic nitrogens is 4. The van der Waals surface area contributed by atoms with E-state index in [-0.39, 0.29) is 5.95 Å². The van der Waals surface area contributed by atoms with Crippen molar-refractivity contribution in [3.63, 3.8) is 0 Å². The summed E-state index contributed by atoms with van der Waals surface area (Å²) < 4.78 is 0. The van der Waals surface area contributed by atoms with E-state index in [0.29, 0.717) is 5.02 Å². The quantitative estimate of drug-likeness (QED) is 0.647. The third-order valence-corrected chi connectivity index (χ3v) is 2.20. The number of tetrazole rings is 1. The van der Waals surface area contributed by atoms with Crippen LogP contribution in [0.5, 0.6) is 0 Å². The van der Waals surface area contributed by atoms with Crippen molar-refractivity contribution in [1.29, 1.82) is 0 Å². The van der Waals surface area contributed by atoms with Gasteiger partial charge in [0.2, 0.25) is 0 Å². The van der Waals surface area contributed by atoms with Gasteiger partial charge in [-0.2, -0.15) is 5.21 Å². The molecule has 0 atom stereocenters. The van der Waals surface area contributed by atoms with Crippen LogP contribution >= 0.6 is 11.6 Å². The minimum Gasteiger partial charge on any atom is -0.859 e. The molecule has 1 N–H and O–H groups in total. The fourth-order valence-electron chi connectivity index (χ4n) is 1.11. The van der Waals surface area contributed by atoms with E-state index in [9.17, 15) is 5.11 Å². The smallest absolute Gasteiger partial charge is 0.288 e. The van der Waals surface area contributed by atoms with Crippen LogP contribution in [0.4, 0.5) is 5.95 Å². The molecule has 0 unspecified atom stereocenters. The Kier molecular flexibility index (Phi) is 3.46. The molecule has 0 aliphatic carbocycles. The molecule has 7 heteroatoms. The van der Waals surface area contributed by atoms with Gasteiger partial charge < -0.3 is 5.11 Å². The third kappa shape index (κ3) is 3.12. The number of benzene rings is 1. The normalized spacial score (nSPS) is 12.2. The number of aromatic amines is 1. The third-order valence-electron chi connectivity index (χ3n) is 1.86. The summed E-state index contributed by atoms with van der Waals surface area (Å²) >= 11 is 5.92. The highest BCUT2D eigenvalue weighted by molar-refractivity contribution is 6.32. The summed E-state index contributed by atoms with van der Waals surface area (Å²) in [7, 11) is 0. The first-order chi connectivity index (χ1) is 8.25. The van der Waals surface area contributed by atoms with E-state index in [1.807, 2.05) is 12.1 Å². The average Bonchev–Trinajstić information content (AvgIpc) is 2.81. The summed E-state index contributed by atoms with van der Waals surface area (Å²) in [6.07, 6.45) is 2.87. The Morgan fingerprint density at radius 3 is 2.94 bits per heavy atom. The van der Waals surface area contributed by atoms with Gasteiger partial charge in [-0.3, -0.25) is 0 Å². The number of rotatable bonds is 3. The highest BCUT2D eigenvalue weighted by Gasteiger charge is 1.93. The summed E-state index contributed by atoms with van der Waals surface area (Å²) in [5.74, 6) is -0.481. The average molecular weight is 249 g/mol. The van der Waals surface area contributed by atoms with Gasteiger partial charge in [-0.05, 0) is 22.7 Å². The molecule has 6 nitrogen and oxygen atoms in total. The maximum atomic E-state index is 11.4. The van der Waals surface area contributed by atoms with Crippen LogP contribution in [-0.2, 0) is 0 Å². The van der Waals surface area contributed by atoms with E-state index >= 15 is 0 Å². The van der Waals surface area contributed by atoms with Crippen molar-refractivity contribution in [2.24, 2.45) is 4.99 Å². The molecule has 2 aromatic rings. The molecule has 1 aromatic heterocycles. The van der Waals surface area contributed by atoms with E-state index in [2.05, 4.69) is 25.6 Å². The van der Waals surface area contributed by atoms with Crippen molar-refractivity contribution in [2.45, 2.75) is 0 Å². The number of hydrogen-bond acceptors (Lipinski definition) is 5. The zero-order chi connectivity index (χ0) is 12.1. The van der Waals surface area contributed by atoms with Crippen LogP contribution in [-0.4, -0.2) is 26.5 Å². The first-order valence-electron chi connectivity index (χ1n) is 4.67. The van der Waals surface area contributed by atoms with Crippen LogP contribution < -0.4 is 5.11 Å². The van der Waals surface area contributed by atoms with E-state index in [4.69, 9.17) is 11.6 Å². The minimum absolute atomic E-state index is 0.00110. The monoisotopic (exact) mass is 248 g/mol. The Bertz CT molecular complexity index is 550. The maximum Gasteiger partial charge on any atom is 0.288 e. The molecule has 0 saturated carbocycles. The predicted octanol–water partition coefficient (Wildman–Crippen LogP) is 0.957. The number of H-pyrrole nitrogens is 1. The molecular weight excluding hydrogens is 242 g/mol. The van der Waals surface area contributed by atoms with Crippen molar-refractivity contribution in [3.8, 4) is 0 Å². The van der Waals surface area contributed by atoms with E-state index in [1.54, 1.807) is 18.2 Å². The largest absolute Gasteiger partial charge is 0.859 e. The van der Waals surface area contributed by atoms with Gasteiger partial charge in [0, 0.05) is 5.02 Å². The Morgan fingerprint density at radius 1 is 1.41 bits per heavy atom. The van der Waals surface area contributed by atoms with Gasteiger partial charge in [-0.1, -0.05) is 47.1 Å². The van der Waals surface area contributed by atoms with Crippen molar-refractivity contribution >= 4 is 29.5 Å². The van der Waals surface area contributed by atoms with Crippen LogP contribution in [0.3, 0.4) is 0 Å². The van der Waals surface area contributed by atoms with E-state index in [0.717, 1.165) is 5.56 Å². The fourth-order valence-corrected chi connectivity index (χ4v) is 1.31. The summed E-state index contributed by atoms with van der Waals surface area (Å²) in [6.45, 7) is 0. The minimum atomic E-state index is -0.480. The van der Waals surface area contributed by atoms with Gasteiger partial charge in [0.15, 0.2) is 0 Å². The lowest BCUT2D eigenvalue weighted by Crippen LogP contribution is -2.13. The standard InChI is InChI=1S/C10H8ClN5O/c11-8-4-2-1-3-7(8)5-6-9(17)12-10-13-15-16-14-10/h1-6H,(H2,12,13,14,15,16,17)/p-1. The molecule has 1 heterocycles. The molecular formula is C10H7ClN5O-. The zero-order valence-electron chi connectivity index (χ0n) is 8.54. The first-order valence-corrected chi connectivity index (χ1v) is 5.05. The summed E-state index contributed by atoms with van der Waals surface area (Å²) in [5.41, 5.74) is 0.742. The van der Waals surface area contributed by atoms with Gasteiger partial charge in [0.05, 0.1) is 0 Å². The molecule has 0 spiro atoms. The first kappa shape index (κ1) is 11.3. The molecule has 0 radical (unpaired) electrons. The molecule has 0 saturated heterocycles. The second kappa shape index (κ2) is 5.22. The van der Waals surface area contributed by atoms with Gasteiger partial charge in [-0.15, -0.1) is 5.10 Å². The maximum absolute atomic E-state index is 11.4. The van der Waals surface area contributed by atoms with Crippen molar-refractivity contribution < 1.29 is 5.11 Å². The number of hydrogen-bond donors (Lipinski definition) is 1. The molecule has 0 aliphatic heterocycles. The second-order valence-corrected chi connectivity index (χ2v) is 3.42. The highest BCUT2D eigenvalue weighted by Crippen LogP contribution is 2.16. The van der Waals surface area contributed by atoms with Crippen LogP contribution in [0.15, 0.2) is 35.3 Å². The van der Waals surface area contributed by atoms with Crippen LogP contribution in [0.2, 0.25) is 5.02 Å². The molecule has 0 amide bonds. The number of aliphatic imine (C=N–C) groups is 1. The SMILES string of the molecule is [O-]C(C=Cc1ccccc1Cl)=Nc1nn[nH]n1. The number of nitrogens with zero attached hydrogens (tertiary/aromatic N) is 4. The summed E-state index contributed by atoms with van der Waals surface area (Å²) in [4.78, 5) is 3.58. The molecule has 0 aliphatic rings. The van der Waals surface area contributed by atoms with Crippen LogP contribution in [0, 0.1) is 0 Å². The number of nitrogens with one attached hydrogen (secondary N) is 1. The molecule has 17 heavy (non-hydrogen) atoms. The lowest BCUT2D eigenvalue weighted by molar-refractivity contribution is -0.211. The van der Waals surface area contributed by atoms with Crippen molar-refractivity contribution in [3.05, 3.63) is 40.9 Å². The second-order valence-electron chi connectivity index (χ2n) is 3.02. The molecule has 86 valence electrons. The molecule has 0 fully saturated rings. The summed E-state index contributed by atoms with van der Waals surface area (Å²) in [5, 5.41) is 24.5. The van der Waals surface area contributed by atoms with Crippen LogP contribution in [0.25, 0.3) is 6.08 Å².